The molecule has 0 bridgehead atoms. The van der Waals surface area contributed by atoms with E-state index in [4.69, 9.17) is 9.47 Å². The zero-order valence-corrected chi connectivity index (χ0v) is 7.37. The van der Waals surface area contributed by atoms with Crippen LogP contribution in [-0.2, 0) is 9.47 Å². The highest BCUT2D eigenvalue weighted by Gasteiger charge is 1.95. The van der Waals surface area contributed by atoms with E-state index in [-0.39, 0.29) is 0 Å². The van der Waals surface area contributed by atoms with Gasteiger partial charge < -0.3 is 9.47 Å². The van der Waals surface area contributed by atoms with Gasteiger partial charge in [-0.25, -0.2) is 0 Å². The van der Waals surface area contributed by atoms with Crippen molar-refractivity contribution in [2.45, 2.75) is 19.3 Å². The smallest absolute Gasteiger partial charge is 0.106 e. The summed E-state index contributed by atoms with van der Waals surface area (Å²) in [4.78, 5) is 0. The van der Waals surface area contributed by atoms with Crippen molar-refractivity contribution in [1.82, 2.24) is 0 Å². The molecular formula is C10H16O2. The first-order valence-corrected chi connectivity index (χ1v) is 4.51. The van der Waals surface area contributed by atoms with Crippen LogP contribution in [-0.4, -0.2) is 19.8 Å². The molecule has 0 radical (unpaired) electrons. The number of allylic oxidation sites excluding steroid dienone is 2. The number of hydrogen-bond donors (Lipinski definition) is 0. The van der Waals surface area contributed by atoms with Gasteiger partial charge in [-0.15, -0.1) is 0 Å². The summed E-state index contributed by atoms with van der Waals surface area (Å²) in [5.74, 6) is 0. The van der Waals surface area contributed by atoms with Crippen LogP contribution in [0.25, 0.3) is 0 Å². The van der Waals surface area contributed by atoms with Crippen LogP contribution in [0.4, 0.5) is 0 Å². The highest BCUT2D eigenvalue weighted by atomic mass is 16.5. The zero-order valence-electron chi connectivity index (χ0n) is 7.37. The van der Waals surface area contributed by atoms with Gasteiger partial charge in [0, 0.05) is 13.2 Å². The van der Waals surface area contributed by atoms with Crippen LogP contribution in [0.1, 0.15) is 19.3 Å². The molecule has 0 atom stereocenters. The second kappa shape index (κ2) is 6.92. The third-order valence-corrected chi connectivity index (χ3v) is 1.69. The van der Waals surface area contributed by atoms with Crippen LogP contribution in [0.15, 0.2) is 24.5 Å². The lowest BCUT2D eigenvalue weighted by atomic mass is 10.2. The lowest BCUT2D eigenvalue weighted by molar-refractivity contribution is 0.0968. The largest absolute Gasteiger partial charge is 0.497 e. The van der Waals surface area contributed by atoms with Crippen molar-refractivity contribution in [3.63, 3.8) is 0 Å². The van der Waals surface area contributed by atoms with Gasteiger partial charge in [0.1, 0.15) is 6.61 Å². The van der Waals surface area contributed by atoms with Gasteiger partial charge in [-0.1, -0.05) is 6.08 Å². The Labute approximate surface area is 73.9 Å². The van der Waals surface area contributed by atoms with E-state index < -0.39 is 0 Å². The molecule has 0 aromatic heterocycles. The zero-order chi connectivity index (χ0) is 8.49. The monoisotopic (exact) mass is 168 g/mol. The molecule has 0 saturated carbocycles. The first-order chi connectivity index (χ1) is 6.00. The fraction of sp³-hybridized carbons (Fsp3) is 0.600. The van der Waals surface area contributed by atoms with Gasteiger partial charge in [0.25, 0.3) is 0 Å². The molecule has 2 rings (SSSR count). The van der Waals surface area contributed by atoms with Gasteiger partial charge in [-0.2, -0.15) is 0 Å². The van der Waals surface area contributed by atoms with E-state index in [1.165, 1.54) is 19.3 Å². The third-order valence-electron chi connectivity index (χ3n) is 1.69. The maximum atomic E-state index is 5.07. The summed E-state index contributed by atoms with van der Waals surface area (Å²) < 4.78 is 9.87. The predicted octanol–water partition coefficient (Wildman–Crippen LogP) is 2.27. The lowest BCUT2D eigenvalue weighted by Gasteiger charge is -2.08. The van der Waals surface area contributed by atoms with Crippen LogP contribution in [0, 0.1) is 0 Å². The Bertz CT molecular complexity index is 122. The molecule has 2 heterocycles. The molecule has 0 aliphatic carbocycles. The molecule has 1 fully saturated rings. The normalized spacial score (nSPS) is 20.7. The van der Waals surface area contributed by atoms with Gasteiger partial charge in [0.05, 0.1) is 6.26 Å². The average Bonchev–Trinajstić information content (AvgIpc) is 2.24. The number of ether oxygens (including phenoxy) is 2. The van der Waals surface area contributed by atoms with Crippen LogP contribution < -0.4 is 0 Å². The van der Waals surface area contributed by atoms with Crippen molar-refractivity contribution in [1.29, 1.82) is 0 Å². The van der Waals surface area contributed by atoms with Crippen LogP contribution in [0.5, 0.6) is 0 Å². The first-order valence-electron chi connectivity index (χ1n) is 4.51. The summed E-state index contributed by atoms with van der Waals surface area (Å²) in [7, 11) is 0. The first kappa shape index (κ1) is 9.33. The third kappa shape index (κ3) is 4.97. The molecule has 2 aliphatic rings. The van der Waals surface area contributed by atoms with Crippen LogP contribution >= 0.6 is 0 Å². The van der Waals surface area contributed by atoms with E-state index in [1.54, 1.807) is 6.26 Å². The average molecular weight is 168 g/mol. The van der Waals surface area contributed by atoms with Crippen molar-refractivity contribution in [2.75, 3.05) is 19.8 Å². The second-order valence-corrected chi connectivity index (χ2v) is 2.76. The molecule has 0 aromatic carbocycles. The molecule has 0 spiro atoms. The van der Waals surface area contributed by atoms with E-state index in [9.17, 15) is 0 Å². The van der Waals surface area contributed by atoms with Gasteiger partial charge in [-0.3, -0.25) is 0 Å². The highest BCUT2D eigenvalue weighted by Crippen LogP contribution is 2.02. The molecular weight excluding hydrogens is 152 g/mol. The maximum absolute atomic E-state index is 5.07. The van der Waals surface area contributed by atoms with Crippen LogP contribution in [0.3, 0.4) is 0 Å². The predicted molar refractivity (Wildman–Crippen MR) is 48.9 cm³/mol. The van der Waals surface area contributed by atoms with Gasteiger partial charge in [-0.05, 0) is 31.4 Å². The van der Waals surface area contributed by atoms with Gasteiger partial charge in [0.15, 0.2) is 0 Å². The van der Waals surface area contributed by atoms with E-state index in [0.717, 1.165) is 19.8 Å². The minimum absolute atomic E-state index is 0.733. The SMILES string of the molecule is C1=CCOC=C1.C1CCOCC1. The Balaban J connectivity index is 0.000000120. The van der Waals surface area contributed by atoms with Crippen molar-refractivity contribution in [3.8, 4) is 0 Å². The summed E-state index contributed by atoms with van der Waals surface area (Å²) in [6, 6.07) is 0. The molecule has 0 amide bonds. The molecule has 2 nitrogen and oxygen atoms in total. The molecule has 0 aromatic rings. The van der Waals surface area contributed by atoms with Crippen molar-refractivity contribution < 1.29 is 9.47 Å². The minimum Gasteiger partial charge on any atom is -0.497 e. The minimum atomic E-state index is 0.733. The van der Waals surface area contributed by atoms with Crippen molar-refractivity contribution in [2.24, 2.45) is 0 Å². The summed E-state index contributed by atoms with van der Waals surface area (Å²) in [6.07, 6.45) is 11.4. The molecule has 0 unspecified atom stereocenters. The quantitative estimate of drug-likeness (QED) is 0.552. The Morgan fingerprint density at radius 3 is 1.92 bits per heavy atom. The van der Waals surface area contributed by atoms with E-state index >= 15 is 0 Å². The topological polar surface area (TPSA) is 18.5 Å². The van der Waals surface area contributed by atoms with Gasteiger partial charge >= 0.3 is 0 Å². The lowest BCUT2D eigenvalue weighted by Crippen LogP contribution is -2.03. The summed E-state index contributed by atoms with van der Waals surface area (Å²) in [6.45, 7) is 2.73. The van der Waals surface area contributed by atoms with E-state index in [2.05, 4.69) is 0 Å². The Hall–Kier alpha value is -0.760. The molecule has 1 saturated heterocycles. The van der Waals surface area contributed by atoms with Crippen molar-refractivity contribution >= 4 is 0 Å². The molecule has 68 valence electrons. The Morgan fingerprint density at radius 2 is 1.75 bits per heavy atom. The van der Waals surface area contributed by atoms with Crippen LogP contribution in [0.2, 0.25) is 0 Å². The van der Waals surface area contributed by atoms with E-state index in [0.29, 0.717) is 0 Å². The summed E-state index contributed by atoms with van der Waals surface area (Å²) in [5, 5.41) is 0. The highest BCUT2D eigenvalue weighted by molar-refractivity contribution is 5.02. The Morgan fingerprint density at radius 1 is 0.917 bits per heavy atom. The molecule has 2 aliphatic heterocycles. The summed E-state index contributed by atoms with van der Waals surface area (Å²) in [5.41, 5.74) is 0. The molecule has 0 N–H and O–H groups in total. The molecule has 12 heavy (non-hydrogen) atoms. The second-order valence-electron chi connectivity index (χ2n) is 2.76. The maximum Gasteiger partial charge on any atom is 0.106 e. The fourth-order valence-electron chi connectivity index (χ4n) is 1.03. The number of hydrogen-bond acceptors (Lipinski definition) is 2. The fourth-order valence-corrected chi connectivity index (χ4v) is 1.03. The van der Waals surface area contributed by atoms with E-state index in [1.807, 2.05) is 18.2 Å². The van der Waals surface area contributed by atoms with Gasteiger partial charge in [0.2, 0.25) is 0 Å². The summed E-state index contributed by atoms with van der Waals surface area (Å²) >= 11 is 0. The standard InChI is InChI=1S/C5H10O.C5H6O/c2*1-2-4-6-5-3-1/h1-5H2;1-4H,5H2. The molecule has 2 heteroatoms. The number of rotatable bonds is 0. The van der Waals surface area contributed by atoms with Crippen molar-refractivity contribution in [3.05, 3.63) is 24.5 Å². The Kier molecular flexibility index (Phi) is 5.38.